The SMILES string of the molecule is Cc1cnc(OCCOC2CCCCO2)c(F)c1Cl. The van der Waals surface area contributed by atoms with Crippen molar-refractivity contribution >= 4 is 11.6 Å². The minimum absolute atomic E-state index is 0.0431. The van der Waals surface area contributed by atoms with Crippen LogP contribution in [0.2, 0.25) is 5.02 Å². The zero-order chi connectivity index (χ0) is 13.7. The van der Waals surface area contributed by atoms with Crippen LogP contribution < -0.4 is 4.74 Å². The summed E-state index contributed by atoms with van der Waals surface area (Å²) < 4.78 is 29.7. The van der Waals surface area contributed by atoms with Crippen molar-refractivity contribution < 1.29 is 18.6 Å². The fourth-order valence-corrected chi connectivity index (χ4v) is 1.93. The van der Waals surface area contributed by atoms with Crippen molar-refractivity contribution in [1.29, 1.82) is 0 Å². The third-order valence-corrected chi connectivity index (χ3v) is 3.33. The number of ether oxygens (including phenoxy) is 3. The molecule has 0 saturated carbocycles. The standard InChI is InChI=1S/C13H17ClFNO3/c1-9-8-16-13(12(15)11(9)14)19-7-6-18-10-4-2-3-5-17-10/h8,10H,2-7H2,1H3. The van der Waals surface area contributed by atoms with E-state index in [0.717, 1.165) is 25.9 Å². The van der Waals surface area contributed by atoms with Crippen LogP contribution in [0, 0.1) is 12.7 Å². The Hall–Kier alpha value is -0.910. The van der Waals surface area contributed by atoms with Crippen LogP contribution in [-0.2, 0) is 9.47 Å². The summed E-state index contributed by atoms with van der Waals surface area (Å²) in [4.78, 5) is 3.85. The van der Waals surface area contributed by atoms with Crippen molar-refractivity contribution in [3.63, 3.8) is 0 Å². The maximum Gasteiger partial charge on any atom is 0.252 e. The van der Waals surface area contributed by atoms with E-state index in [2.05, 4.69) is 4.98 Å². The lowest BCUT2D eigenvalue weighted by Crippen LogP contribution is -2.24. The molecule has 0 aliphatic carbocycles. The lowest BCUT2D eigenvalue weighted by atomic mass is 10.2. The number of aromatic nitrogens is 1. The van der Waals surface area contributed by atoms with E-state index in [1.807, 2.05) is 0 Å². The van der Waals surface area contributed by atoms with Crippen molar-refractivity contribution in [2.45, 2.75) is 32.5 Å². The highest BCUT2D eigenvalue weighted by molar-refractivity contribution is 6.31. The Balaban J connectivity index is 1.75. The Morgan fingerprint density at radius 2 is 2.32 bits per heavy atom. The Morgan fingerprint density at radius 1 is 1.47 bits per heavy atom. The van der Waals surface area contributed by atoms with E-state index in [1.54, 1.807) is 6.92 Å². The van der Waals surface area contributed by atoms with Crippen LogP contribution in [-0.4, -0.2) is 31.1 Å². The quantitative estimate of drug-likeness (QED) is 0.781. The second-order valence-electron chi connectivity index (χ2n) is 4.39. The number of aryl methyl sites for hydroxylation is 1. The fraction of sp³-hybridized carbons (Fsp3) is 0.615. The zero-order valence-electron chi connectivity index (χ0n) is 10.8. The van der Waals surface area contributed by atoms with Crippen molar-refractivity contribution in [3.05, 3.63) is 22.6 Å². The summed E-state index contributed by atoms with van der Waals surface area (Å²) in [6, 6.07) is 0. The Kier molecular flexibility index (Phi) is 5.36. The van der Waals surface area contributed by atoms with Crippen LogP contribution in [0.4, 0.5) is 4.39 Å². The molecule has 0 bridgehead atoms. The molecule has 0 aromatic carbocycles. The highest BCUT2D eigenvalue weighted by atomic mass is 35.5. The summed E-state index contributed by atoms with van der Waals surface area (Å²) in [5, 5.41) is 0.0431. The zero-order valence-corrected chi connectivity index (χ0v) is 11.6. The molecule has 1 unspecified atom stereocenters. The number of nitrogens with zero attached hydrogens (tertiary/aromatic N) is 1. The first-order valence-corrected chi connectivity index (χ1v) is 6.73. The summed E-state index contributed by atoms with van der Waals surface area (Å²) in [6.45, 7) is 2.96. The van der Waals surface area contributed by atoms with Crippen LogP contribution in [0.1, 0.15) is 24.8 Å². The topological polar surface area (TPSA) is 40.6 Å². The first kappa shape index (κ1) is 14.5. The van der Waals surface area contributed by atoms with Crippen molar-refractivity contribution in [2.24, 2.45) is 0 Å². The molecule has 0 radical (unpaired) electrons. The third-order valence-electron chi connectivity index (χ3n) is 2.87. The average molecular weight is 290 g/mol. The Labute approximate surface area is 116 Å². The minimum Gasteiger partial charge on any atom is -0.473 e. The van der Waals surface area contributed by atoms with Gasteiger partial charge in [0.05, 0.1) is 11.6 Å². The van der Waals surface area contributed by atoms with Crippen LogP contribution >= 0.6 is 11.6 Å². The highest BCUT2D eigenvalue weighted by Crippen LogP contribution is 2.25. The molecule has 0 N–H and O–H groups in total. The van der Waals surface area contributed by atoms with E-state index in [1.165, 1.54) is 6.20 Å². The molecule has 1 saturated heterocycles. The molecule has 1 fully saturated rings. The predicted octanol–water partition coefficient (Wildman–Crippen LogP) is 3.10. The van der Waals surface area contributed by atoms with Gasteiger partial charge in [0, 0.05) is 12.8 Å². The summed E-state index contributed by atoms with van der Waals surface area (Å²) in [7, 11) is 0. The van der Waals surface area contributed by atoms with Crippen molar-refractivity contribution in [3.8, 4) is 5.88 Å². The van der Waals surface area contributed by atoms with Crippen LogP contribution in [0.25, 0.3) is 0 Å². The minimum atomic E-state index is -0.629. The van der Waals surface area contributed by atoms with E-state index in [0.29, 0.717) is 12.2 Å². The van der Waals surface area contributed by atoms with E-state index < -0.39 is 5.82 Å². The molecule has 1 aliphatic heterocycles. The molecule has 4 nitrogen and oxygen atoms in total. The fourth-order valence-electron chi connectivity index (χ4n) is 1.80. The van der Waals surface area contributed by atoms with Gasteiger partial charge in [-0.2, -0.15) is 4.39 Å². The number of hydrogen-bond acceptors (Lipinski definition) is 4. The largest absolute Gasteiger partial charge is 0.473 e. The van der Waals surface area contributed by atoms with Gasteiger partial charge in [-0.15, -0.1) is 0 Å². The van der Waals surface area contributed by atoms with Gasteiger partial charge in [-0.05, 0) is 31.7 Å². The smallest absolute Gasteiger partial charge is 0.252 e. The van der Waals surface area contributed by atoms with E-state index >= 15 is 0 Å². The van der Waals surface area contributed by atoms with Gasteiger partial charge >= 0.3 is 0 Å². The molecular weight excluding hydrogens is 273 g/mol. The van der Waals surface area contributed by atoms with Gasteiger partial charge in [0.1, 0.15) is 6.61 Å². The summed E-state index contributed by atoms with van der Waals surface area (Å²) >= 11 is 5.77. The lowest BCUT2D eigenvalue weighted by Gasteiger charge is -2.22. The van der Waals surface area contributed by atoms with Gasteiger partial charge < -0.3 is 14.2 Å². The monoisotopic (exact) mass is 289 g/mol. The Morgan fingerprint density at radius 3 is 3.05 bits per heavy atom. The molecule has 2 rings (SSSR count). The molecule has 19 heavy (non-hydrogen) atoms. The van der Waals surface area contributed by atoms with Crippen molar-refractivity contribution in [2.75, 3.05) is 19.8 Å². The van der Waals surface area contributed by atoms with Crippen LogP contribution in [0.5, 0.6) is 5.88 Å². The highest BCUT2D eigenvalue weighted by Gasteiger charge is 2.15. The van der Waals surface area contributed by atoms with Gasteiger partial charge in [0.25, 0.3) is 5.88 Å². The normalized spacial score (nSPS) is 19.4. The molecule has 1 aliphatic rings. The number of pyridine rings is 1. The third kappa shape index (κ3) is 4.03. The first-order chi connectivity index (χ1) is 9.18. The maximum atomic E-state index is 13.7. The van der Waals surface area contributed by atoms with Crippen molar-refractivity contribution in [1.82, 2.24) is 4.98 Å². The molecule has 2 heterocycles. The average Bonchev–Trinajstić information content (AvgIpc) is 2.44. The second-order valence-corrected chi connectivity index (χ2v) is 4.77. The van der Waals surface area contributed by atoms with E-state index in [9.17, 15) is 4.39 Å². The van der Waals surface area contributed by atoms with Gasteiger partial charge in [-0.25, -0.2) is 4.98 Å². The molecule has 0 amide bonds. The molecule has 106 valence electrons. The summed E-state index contributed by atoms with van der Waals surface area (Å²) in [6.07, 6.45) is 4.38. The molecule has 1 aromatic heterocycles. The van der Waals surface area contributed by atoms with Gasteiger partial charge in [0.2, 0.25) is 5.82 Å². The van der Waals surface area contributed by atoms with Gasteiger partial charge in [-0.1, -0.05) is 11.6 Å². The van der Waals surface area contributed by atoms with Crippen LogP contribution in [0.15, 0.2) is 6.20 Å². The first-order valence-electron chi connectivity index (χ1n) is 6.35. The number of hydrogen-bond donors (Lipinski definition) is 0. The molecule has 1 atom stereocenters. The molecular formula is C13H17ClFNO3. The summed E-state index contributed by atoms with van der Waals surface area (Å²) in [5.74, 6) is -0.723. The van der Waals surface area contributed by atoms with Crippen LogP contribution in [0.3, 0.4) is 0 Å². The predicted molar refractivity (Wildman–Crippen MR) is 69.0 cm³/mol. The van der Waals surface area contributed by atoms with E-state index in [4.69, 9.17) is 25.8 Å². The lowest BCUT2D eigenvalue weighted by molar-refractivity contribution is -0.165. The molecule has 1 aromatic rings. The maximum absolute atomic E-state index is 13.7. The van der Waals surface area contributed by atoms with E-state index in [-0.39, 0.29) is 23.8 Å². The Bertz CT molecular complexity index is 425. The second kappa shape index (κ2) is 7.03. The number of halogens is 2. The molecule has 6 heteroatoms. The van der Waals surface area contributed by atoms with Gasteiger partial charge in [-0.3, -0.25) is 0 Å². The molecule has 0 spiro atoms. The summed E-state index contributed by atoms with van der Waals surface area (Å²) in [5.41, 5.74) is 0.582. The van der Waals surface area contributed by atoms with Gasteiger partial charge in [0.15, 0.2) is 6.29 Å². The number of rotatable bonds is 5.